The maximum Gasteiger partial charge on any atom is 0.510 e. The number of hydrogen-bond donors (Lipinski definition) is 0. The fourth-order valence-electron chi connectivity index (χ4n) is 0.579. The van der Waals surface area contributed by atoms with E-state index in [-0.39, 0.29) is 13.4 Å². The van der Waals surface area contributed by atoms with Crippen molar-refractivity contribution < 1.29 is 23.7 Å². The Morgan fingerprint density at radius 2 is 1.73 bits per heavy atom. The molecule has 0 spiro atoms. The van der Waals surface area contributed by atoms with Gasteiger partial charge in [-0.05, 0) is 6.42 Å². The highest BCUT2D eigenvalue weighted by atomic mass is 16.8. The maximum absolute atomic E-state index is 10.7. The van der Waals surface area contributed by atoms with Crippen LogP contribution in [0, 0.1) is 0 Å². The molecule has 15 heavy (non-hydrogen) atoms. The van der Waals surface area contributed by atoms with Gasteiger partial charge in [0.2, 0.25) is 0 Å². The van der Waals surface area contributed by atoms with Gasteiger partial charge in [-0.15, -0.1) is 0 Å². The lowest BCUT2D eigenvalue weighted by Crippen LogP contribution is -2.13. The molecule has 0 radical (unpaired) electrons. The molecule has 0 saturated heterocycles. The molecule has 0 N–H and O–H groups in total. The second-order valence-corrected chi connectivity index (χ2v) is 2.26. The number of carbonyl (C=O) groups is 1. The van der Waals surface area contributed by atoms with Crippen LogP contribution in [-0.4, -0.2) is 39.9 Å². The summed E-state index contributed by atoms with van der Waals surface area (Å²) in [6.07, 6.45) is 0.218. The summed E-state index contributed by atoms with van der Waals surface area (Å²) in [6, 6.07) is 0. The van der Waals surface area contributed by atoms with Gasteiger partial charge in [0.05, 0.1) is 6.61 Å². The molecular formula is C10H22O5. The zero-order valence-electron chi connectivity index (χ0n) is 10.1. The summed E-state index contributed by atoms with van der Waals surface area (Å²) in [7, 11) is 1.43. The molecule has 0 heterocycles. The van der Waals surface area contributed by atoms with E-state index >= 15 is 0 Å². The molecule has 0 unspecified atom stereocenters. The van der Waals surface area contributed by atoms with E-state index in [1.807, 2.05) is 20.8 Å². The van der Waals surface area contributed by atoms with E-state index in [0.717, 1.165) is 6.42 Å². The first-order valence-corrected chi connectivity index (χ1v) is 5.17. The Labute approximate surface area is 91.6 Å². The van der Waals surface area contributed by atoms with Crippen molar-refractivity contribution in [2.24, 2.45) is 0 Å². The quantitative estimate of drug-likeness (QED) is 0.375. The molecule has 0 rings (SSSR count). The van der Waals surface area contributed by atoms with E-state index in [1.54, 1.807) is 0 Å². The van der Waals surface area contributed by atoms with Crippen LogP contribution in [-0.2, 0) is 18.9 Å². The van der Waals surface area contributed by atoms with Crippen molar-refractivity contribution in [3.8, 4) is 0 Å². The van der Waals surface area contributed by atoms with Crippen molar-refractivity contribution in [3.05, 3.63) is 0 Å². The minimum Gasteiger partial charge on any atom is -0.432 e. The van der Waals surface area contributed by atoms with Gasteiger partial charge in [-0.3, -0.25) is 0 Å². The molecule has 0 atom stereocenters. The molecule has 0 aromatic heterocycles. The van der Waals surface area contributed by atoms with E-state index in [0.29, 0.717) is 13.2 Å². The van der Waals surface area contributed by atoms with Gasteiger partial charge in [0, 0.05) is 13.7 Å². The summed E-state index contributed by atoms with van der Waals surface area (Å²) < 4.78 is 18.7. The molecule has 5 nitrogen and oxygen atoms in total. The Morgan fingerprint density at radius 3 is 2.27 bits per heavy atom. The van der Waals surface area contributed by atoms with Gasteiger partial charge in [0.15, 0.2) is 6.79 Å². The second-order valence-electron chi connectivity index (χ2n) is 2.26. The molecule has 0 aliphatic carbocycles. The molecule has 0 fully saturated rings. The first kappa shape index (κ1) is 16.6. The lowest BCUT2D eigenvalue weighted by atomic mass is 10.5. The minimum atomic E-state index is -0.734. The number of hydrogen-bond acceptors (Lipinski definition) is 5. The SMILES string of the molecule is CC.CCCOCCOC(=O)OCOC. The van der Waals surface area contributed by atoms with Crippen LogP contribution in [0.1, 0.15) is 27.2 Å². The lowest BCUT2D eigenvalue weighted by molar-refractivity contribution is -0.0332. The predicted molar refractivity (Wildman–Crippen MR) is 56.8 cm³/mol. The van der Waals surface area contributed by atoms with Gasteiger partial charge < -0.3 is 18.9 Å². The summed E-state index contributed by atoms with van der Waals surface area (Å²) in [6.45, 7) is 7.21. The fourth-order valence-corrected chi connectivity index (χ4v) is 0.579. The largest absolute Gasteiger partial charge is 0.510 e. The highest BCUT2D eigenvalue weighted by Gasteiger charge is 2.01. The molecule has 0 bridgehead atoms. The summed E-state index contributed by atoms with van der Waals surface area (Å²) in [4.78, 5) is 10.7. The molecule has 0 amide bonds. The van der Waals surface area contributed by atoms with Crippen LogP contribution in [0.2, 0.25) is 0 Å². The van der Waals surface area contributed by atoms with Crippen molar-refractivity contribution in [2.75, 3.05) is 33.7 Å². The van der Waals surface area contributed by atoms with Gasteiger partial charge in [-0.25, -0.2) is 4.79 Å². The van der Waals surface area contributed by atoms with Crippen LogP contribution in [0.4, 0.5) is 4.79 Å². The van der Waals surface area contributed by atoms with Crippen molar-refractivity contribution >= 4 is 6.16 Å². The van der Waals surface area contributed by atoms with Gasteiger partial charge in [0.1, 0.15) is 6.61 Å². The highest BCUT2D eigenvalue weighted by molar-refractivity contribution is 5.59. The monoisotopic (exact) mass is 222 g/mol. The minimum absolute atomic E-state index is 0.0886. The van der Waals surface area contributed by atoms with Crippen molar-refractivity contribution in [3.63, 3.8) is 0 Å². The molecule has 0 saturated carbocycles. The van der Waals surface area contributed by atoms with Crippen LogP contribution in [0.15, 0.2) is 0 Å². The average Bonchev–Trinajstić information content (AvgIpc) is 2.29. The topological polar surface area (TPSA) is 54.0 Å². The Balaban J connectivity index is 0. The first-order chi connectivity index (χ1) is 7.31. The molecule has 0 aliphatic heterocycles. The fraction of sp³-hybridized carbons (Fsp3) is 0.900. The molecule has 0 aromatic carbocycles. The number of methoxy groups -OCH3 is 1. The third kappa shape index (κ3) is 15.9. The molecule has 5 heteroatoms. The van der Waals surface area contributed by atoms with E-state index in [9.17, 15) is 4.79 Å². The van der Waals surface area contributed by atoms with E-state index in [4.69, 9.17) is 4.74 Å². The van der Waals surface area contributed by atoms with Crippen LogP contribution in [0.3, 0.4) is 0 Å². The standard InChI is InChI=1S/C8H16O5.C2H6/c1-3-4-11-5-6-12-8(9)13-7-10-2;1-2/h3-7H2,1-2H3;1-2H3. The zero-order chi connectivity index (χ0) is 11.9. The van der Waals surface area contributed by atoms with Crippen LogP contribution in [0.5, 0.6) is 0 Å². The smallest absolute Gasteiger partial charge is 0.432 e. The average molecular weight is 222 g/mol. The van der Waals surface area contributed by atoms with Gasteiger partial charge in [-0.1, -0.05) is 20.8 Å². The Morgan fingerprint density at radius 1 is 1.07 bits per heavy atom. The van der Waals surface area contributed by atoms with Crippen LogP contribution >= 0.6 is 0 Å². The summed E-state index contributed by atoms with van der Waals surface area (Å²) >= 11 is 0. The van der Waals surface area contributed by atoms with Crippen LogP contribution < -0.4 is 0 Å². The third-order valence-corrected chi connectivity index (χ3v) is 1.09. The van der Waals surface area contributed by atoms with Gasteiger partial charge >= 0.3 is 6.16 Å². The first-order valence-electron chi connectivity index (χ1n) is 5.17. The van der Waals surface area contributed by atoms with Gasteiger partial charge in [0.25, 0.3) is 0 Å². The second kappa shape index (κ2) is 15.7. The van der Waals surface area contributed by atoms with Crippen molar-refractivity contribution in [2.45, 2.75) is 27.2 Å². The zero-order valence-corrected chi connectivity index (χ0v) is 10.1. The third-order valence-electron chi connectivity index (χ3n) is 1.09. The molecule has 0 aliphatic rings. The Bertz CT molecular complexity index is 127. The van der Waals surface area contributed by atoms with Crippen molar-refractivity contribution in [1.29, 1.82) is 0 Å². The van der Waals surface area contributed by atoms with Crippen LogP contribution in [0.25, 0.3) is 0 Å². The molecular weight excluding hydrogens is 200 g/mol. The maximum atomic E-state index is 10.7. The highest BCUT2D eigenvalue weighted by Crippen LogP contribution is 1.87. The van der Waals surface area contributed by atoms with Crippen molar-refractivity contribution in [1.82, 2.24) is 0 Å². The van der Waals surface area contributed by atoms with E-state index < -0.39 is 6.16 Å². The molecule has 0 aromatic rings. The summed E-state index contributed by atoms with van der Waals surface area (Å²) in [5.41, 5.74) is 0. The predicted octanol–water partition coefficient (Wildman–Crippen LogP) is 2.20. The normalized spacial score (nSPS) is 8.80. The van der Waals surface area contributed by atoms with E-state index in [1.165, 1.54) is 7.11 Å². The van der Waals surface area contributed by atoms with Gasteiger partial charge in [-0.2, -0.15) is 0 Å². The number of rotatable bonds is 7. The lowest BCUT2D eigenvalue weighted by Gasteiger charge is -2.05. The summed E-state index contributed by atoms with van der Waals surface area (Å²) in [5.74, 6) is 0. The summed E-state index contributed by atoms with van der Waals surface area (Å²) in [5, 5.41) is 0. The van der Waals surface area contributed by atoms with E-state index in [2.05, 4.69) is 14.2 Å². The molecule has 92 valence electrons. The Hall–Kier alpha value is -0.810. The number of carbonyl (C=O) groups excluding carboxylic acids is 1. The number of ether oxygens (including phenoxy) is 4. The Kier molecular flexibility index (Phi) is 17.3.